The van der Waals surface area contributed by atoms with Gasteiger partial charge in [0.1, 0.15) is 11.4 Å². The number of nitrogens with zero attached hydrogens (tertiary/aromatic N) is 3. The number of nitrogens with two attached hydrogens (primary N) is 1. The highest BCUT2D eigenvalue weighted by molar-refractivity contribution is 6.74. The van der Waals surface area contributed by atoms with Gasteiger partial charge in [0.15, 0.2) is 5.65 Å². The molecule has 2 aromatic heterocycles. The van der Waals surface area contributed by atoms with Crippen LogP contribution in [0.25, 0.3) is 22.3 Å². The third-order valence-electron chi connectivity index (χ3n) is 5.01. The fraction of sp³-hybridized carbons (Fsp3) is 0.368. The van der Waals surface area contributed by atoms with E-state index in [1.54, 1.807) is 10.9 Å². The van der Waals surface area contributed by atoms with Crippen LogP contribution in [0.5, 0.6) is 5.75 Å². The Bertz CT molecular complexity index is 908. The van der Waals surface area contributed by atoms with E-state index in [-0.39, 0.29) is 5.04 Å². The molecule has 132 valence electrons. The molecule has 0 radical (unpaired) electrons. The van der Waals surface area contributed by atoms with Crippen molar-refractivity contribution >= 4 is 25.0 Å². The van der Waals surface area contributed by atoms with Crippen LogP contribution in [0, 0.1) is 0 Å². The number of fused-ring (bicyclic) bond motifs is 1. The normalized spacial score (nSPS) is 12.6. The van der Waals surface area contributed by atoms with Crippen LogP contribution in [0.2, 0.25) is 18.1 Å². The number of aromatic nitrogens is 3. The number of nitrogen functional groups attached to an aromatic ring is 1. The number of benzene rings is 1. The van der Waals surface area contributed by atoms with Crippen LogP contribution in [0.15, 0.2) is 36.5 Å². The van der Waals surface area contributed by atoms with Crippen molar-refractivity contribution in [1.82, 2.24) is 14.8 Å². The highest BCUT2D eigenvalue weighted by Crippen LogP contribution is 2.38. The smallest absolute Gasteiger partial charge is 0.250 e. The Morgan fingerprint density at radius 3 is 2.36 bits per heavy atom. The summed E-state index contributed by atoms with van der Waals surface area (Å²) < 4.78 is 8.13. The molecule has 0 saturated carbocycles. The maximum atomic E-state index is 6.35. The Hall–Kier alpha value is -2.34. The fourth-order valence-electron chi connectivity index (χ4n) is 2.50. The molecule has 1 aromatic carbocycles. The molecule has 0 aliphatic heterocycles. The van der Waals surface area contributed by atoms with Gasteiger partial charge in [-0.15, -0.1) is 0 Å². The summed E-state index contributed by atoms with van der Waals surface area (Å²) in [5.41, 5.74) is 9.28. The highest BCUT2D eigenvalue weighted by atomic mass is 28.4. The molecule has 0 bridgehead atoms. The van der Waals surface area contributed by atoms with Crippen molar-refractivity contribution in [3.8, 4) is 17.0 Å². The number of hydrogen-bond donors (Lipinski definition) is 1. The second kappa shape index (κ2) is 5.88. The van der Waals surface area contributed by atoms with E-state index >= 15 is 0 Å². The minimum atomic E-state index is -1.84. The topological polar surface area (TPSA) is 66.0 Å². The molecule has 0 saturated heterocycles. The molecule has 2 heterocycles. The van der Waals surface area contributed by atoms with Crippen molar-refractivity contribution in [2.45, 2.75) is 38.9 Å². The SMILES string of the molecule is Cn1nc(-c2ccc(O[Si](C)(C)C(C)(C)C)cc2)c2cc(N)cnc21. The molecule has 6 heteroatoms. The maximum Gasteiger partial charge on any atom is 0.250 e. The summed E-state index contributed by atoms with van der Waals surface area (Å²) in [6, 6.07) is 10.1. The number of aryl methyl sites for hydroxylation is 1. The predicted molar refractivity (Wildman–Crippen MR) is 106 cm³/mol. The minimum absolute atomic E-state index is 0.173. The van der Waals surface area contributed by atoms with Crippen LogP contribution in [-0.2, 0) is 7.05 Å². The van der Waals surface area contributed by atoms with Crippen molar-refractivity contribution in [3.05, 3.63) is 36.5 Å². The molecule has 0 amide bonds. The van der Waals surface area contributed by atoms with Gasteiger partial charge in [0, 0.05) is 18.0 Å². The molecule has 25 heavy (non-hydrogen) atoms. The van der Waals surface area contributed by atoms with Gasteiger partial charge in [-0.3, -0.25) is 0 Å². The Morgan fingerprint density at radius 1 is 1.12 bits per heavy atom. The second-order valence-electron chi connectivity index (χ2n) is 8.00. The molecule has 0 unspecified atom stereocenters. The van der Waals surface area contributed by atoms with Crippen molar-refractivity contribution in [2.24, 2.45) is 7.05 Å². The first kappa shape index (κ1) is 17.5. The second-order valence-corrected chi connectivity index (χ2v) is 12.7. The molecular formula is C19H26N4OSi. The molecule has 0 atom stereocenters. The summed E-state index contributed by atoms with van der Waals surface area (Å²) in [5, 5.41) is 5.74. The molecule has 3 aromatic rings. The Morgan fingerprint density at radius 2 is 1.76 bits per heavy atom. The lowest BCUT2D eigenvalue weighted by atomic mass is 10.1. The largest absolute Gasteiger partial charge is 0.544 e. The summed E-state index contributed by atoms with van der Waals surface area (Å²) in [4.78, 5) is 4.38. The average Bonchev–Trinajstić information content (AvgIpc) is 2.83. The third-order valence-corrected chi connectivity index (χ3v) is 9.36. The molecule has 0 aliphatic rings. The van der Waals surface area contributed by atoms with Crippen LogP contribution in [0.1, 0.15) is 20.8 Å². The molecule has 0 fully saturated rings. The van der Waals surface area contributed by atoms with Gasteiger partial charge in [0.05, 0.1) is 11.9 Å². The first-order chi connectivity index (χ1) is 11.6. The molecule has 0 spiro atoms. The van der Waals surface area contributed by atoms with E-state index in [1.807, 2.05) is 37.4 Å². The molecule has 5 nitrogen and oxygen atoms in total. The van der Waals surface area contributed by atoms with Crippen molar-refractivity contribution in [3.63, 3.8) is 0 Å². The number of rotatable bonds is 3. The summed E-state index contributed by atoms with van der Waals surface area (Å²) >= 11 is 0. The van der Waals surface area contributed by atoms with Crippen LogP contribution in [-0.4, -0.2) is 23.1 Å². The van der Waals surface area contributed by atoms with E-state index in [9.17, 15) is 0 Å². The Kier molecular flexibility index (Phi) is 4.11. The van der Waals surface area contributed by atoms with Crippen LogP contribution < -0.4 is 10.2 Å². The highest BCUT2D eigenvalue weighted by Gasteiger charge is 2.38. The van der Waals surface area contributed by atoms with Crippen LogP contribution in [0.3, 0.4) is 0 Å². The zero-order chi connectivity index (χ0) is 18.4. The van der Waals surface area contributed by atoms with Crippen molar-refractivity contribution < 1.29 is 4.43 Å². The first-order valence-electron chi connectivity index (χ1n) is 8.46. The summed E-state index contributed by atoms with van der Waals surface area (Å²) in [5.74, 6) is 0.910. The molecular weight excluding hydrogens is 328 g/mol. The predicted octanol–water partition coefficient (Wildman–Crippen LogP) is 4.60. The lowest BCUT2D eigenvalue weighted by molar-refractivity contribution is 0.492. The number of pyridine rings is 1. The zero-order valence-corrected chi connectivity index (χ0v) is 16.8. The van der Waals surface area contributed by atoms with E-state index in [1.165, 1.54) is 0 Å². The Labute approximate surface area is 150 Å². The van der Waals surface area contributed by atoms with Crippen molar-refractivity contribution in [2.75, 3.05) is 5.73 Å². The Balaban J connectivity index is 1.95. The van der Waals surface area contributed by atoms with Gasteiger partial charge in [0.25, 0.3) is 0 Å². The summed E-state index contributed by atoms with van der Waals surface area (Å²) in [7, 11) is 0.0571. The van der Waals surface area contributed by atoms with E-state index < -0.39 is 8.32 Å². The standard InChI is InChI=1S/C19H26N4OSi/c1-19(2,3)25(5,6)24-15-9-7-13(8-10-15)17-16-11-14(20)12-21-18(16)23(4)22-17/h7-12H,20H2,1-6H3. The van der Waals surface area contributed by atoms with Gasteiger partial charge in [-0.25, -0.2) is 9.67 Å². The van der Waals surface area contributed by atoms with Gasteiger partial charge < -0.3 is 10.2 Å². The quantitative estimate of drug-likeness (QED) is 0.698. The zero-order valence-electron chi connectivity index (χ0n) is 15.8. The minimum Gasteiger partial charge on any atom is -0.544 e. The summed E-state index contributed by atoms with van der Waals surface area (Å²) in [6.45, 7) is 11.2. The molecule has 3 rings (SSSR count). The van der Waals surface area contributed by atoms with Gasteiger partial charge in [-0.2, -0.15) is 5.10 Å². The van der Waals surface area contributed by atoms with Crippen molar-refractivity contribution in [1.29, 1.82) is 0 Å². The lowest BCUT2D eigenvalue weighted by Crippen LogP contribution is -2.43. The first-order valence-corrected chi connectivity index (χ1v) is 11.4. The van der Waals surface area contributed by atoms with Crippen LogP contribution in [0.4, 0.5) is 5.69 Å². The van der Waals surface area contributed by atoms with Gasteiger partial charge in [0.2, 0.25) is 8.32 Å². The van der Waals surface area contributed by atoms with E-state index in [0.29, 0.717) is 5.69 Å². The van der Waals surface area contributed by atoms with E-state index in [0.717, 1.165) is 28.0 Å². The summed E-state index contributed by atoms with van der Waals surface area (Å²) in [6.07, 6.45) is 1.66. The van der Waals surface area contributed by atoms with E-state index in [4.69, 9.17) is 10.2 Å². The van der Waals surface area contributed by atoms with Crippen LogP contribution >= 0.6 is 0 Å². The lowest BCUT2D eigenvalue weighted by Gasteiger charge is -2.36. The molecule has 0 aliphatic carbocycles. The molecule has 2 N–H and O–H groups in total. The maximum absolute atomic E-state index is 6.35. The van der Waals surface area contributed by atoms with Gasteiger partial charge in [-0.05, 0) is 48.5 Å². The van der Waals surface area contributed by atoms with Gasteiger partial charge >= 0.3 is 0 Å². The average molecular weight is 355 g/mol. The number of hydrogen-bond acceptors (Lipinski definition) is 4. The van der Waals surface area contributed by atoms with E-state index in [2.05, 4.69) is 43.9 Å². The fourth-order valence-corrected chi connectivity index (χ4v) is 3.53. The third kappa shape index (κ3) is 3.26. The monoisotopic (exact) mass is 354 g/mol. The number of anilines is 1. The van der Waals surface area contributed by atoms with Gasteiger partial charge in [-0.1, -0.05) is 20.8 Å².